The normalized spacial score (nSPS) is 17.9. The first-order valence-electron chi connectivity index (χ1n) is 8.17. The van der Waals surface area contributed by atoms with Gasteiger partial charge in [0, 0.05) is 5.69 Å². The molecular weight excluding hydrogens is 340 g/mol. The molecule has 1 N–H and O–H groups in total. The SMILES string of the molecule is O=C(CCl)NC[C@H]1CN(c2ccc3c(c2)Cc2ccccc2-3)C(=O)O1. The van der Waals surface area contributed by atoms with Gasteiger partial charge in [0.05, 0.1) is 13.1 Å². The Morgan fingerprint density at radius 2 is 2.00 bits per heavy atom. The first kappa shape index (κ1) is 16.0. The van der Waals surface area contributed by atoms with Gasteiger partial charge in [-0.3, -0.25) is 9.69 Å². The number of nitrogens with zero attached hydrogens (tertiary/aromatic N) is 1. The van der Waals surface area contributed by atoms with Gasteiger partial charge in [-0.1, -0.05) is 30.3 Å². The number of hydrogen-bond donors (Lipinski definition) is 1. The van der Waals surface area contributed by atoms with Crippen LogP contribution in [0.2, 0.25) is 0 Å². The summed E-state index contributed by atoms with van der Waals surface area (Å²) in [4.78, 5) is 25.0. The van der Waals surface area contributed by atoms with Crippen LogP contribution in [-0.2, 0) is 16.0 Å². The molecular formula is C19H17ClN2O3. The molecule has 0 saturated carbocycles. The summed E-state index contributed by atoms with van der Waals surface area (Å²) < 4.78 is 5.33. The number of cyclic esters (lactones) is 1. The van der Waals surface area contributed by atoms with Crippen molar-refractivity contribution in [3.05, 3.63) is 53.6 Å². The fourth-order valence-electron chi connectivity index (χ4n) is 3.41. The molecule has 1 saturated heterocycles. The van der Waals surface area contributed by atoms with Crippen molar-refractivity contribution >= 4 is 29.3 Å². The number of hydrogen-bond acceptors (Lipinski definition) is 3. The van der Waals surface area contributed by atoms with Gasteiger partial charge in [0.25, 0.3) is 0 Å². The first-order valence-corrected chi connectivity index (χ1v) is 8.71. The molecule has 128 valence electrons. The van der Waals surface area contributed by atoms with Crippen molar-refractivity contribution < 1.29 is 14.3 Å². The number of fused-ring (bicyclic) bond motifs is 3. The van der Waals surface area contributed by atoms with E-state index in [0.717, 1.165) is 12.1 Å². The lowest BCUT2D eigenvalue weighted by Gasteiger charge is -2.14. The van der Waals surface area contributed by atoms with E-state index in [1.807, 2.05) is 18.2 Å². The van der Waals surface area contributed by atoms with Crippen molar-refractivity contribution in [3.8, 4) is 11.1 Å². The predicted octanol–water partition coefficient (Wildman–Crippen LogP) is 2.94. The highest BCUT2D eigenvalue weighted by molar-refractivity contribution is 6.27. The van der Waals surface area contributed by atoms with E-state index < -0.39 is 0 Å². The van der Waals surface area contributed by atoms with Gasteiger partial charge in [-0.25, -0.2) is 4.79 Å². The van der Waals surface area contributed by atoms with Crippen molar-refractivity contribution in [2.45, 2.75) is 12.5 Å². The van der Waals surface area contributed by atoms with E-state index in [9.17, 15) is 9.59 Å². The molecule has 2 aliphatic rings. The zero-order chi connectivity index (χ0) is 17.4. The molecule has 2 aromatic carbocycles. The number of carbonyl (C=O) groups is 2. The summed E-state index contributed by atoms with van der Waals surface area (Å²) in [5.41, 5.74) is 5.82. The number of benzene rings is 2. The molecule has 5 nitrogen and oxygen atoms in total. The maximum atomic E-state index is 12.2. The third-order valence-corrected chi connectivity index (χ3v) is 4.85. The average molecular weight is 357 g/mol. The zero-order valence-corrected chi connectivity index (χ0v) is 14.3. The summed E-state index contributed by atoms with van der Waals surface area (Å²) in [6.45, 7) is 0.678. The summed E-state index contributed by atoms with van der Waals surface area (Å²) in [5.74, 6) is -0.373. The quantitative estimate of drug-likeness (QED) is 0.731. The summed E-state index contributed by atoms with van der Waals surface area (Å²) in [6.07, 6.45) is 0.114. The van der Waals surface area contributed by atoms with Crippen molar-refractivity contribution in [1.29, 1.82) is 0 Å². The van der Waals surface area contributed by atoms with Crippen LogP contribution in [0.15, 0.2) is 42.5 Å². The van der Waals surface area contributed by atoms with E-state index in [2.05, 4.69) is 29.6 Å². The minimum Gasteiger partial charge on any atom is -0.442 e. The van der Waals surface area contributed by atoms with E-state index >= 15 is 0 Å². The topological polar surface area (TPSA) is 58.6 Å². The maximum absolute atomic E-state index is 12.2. The standard InChI is InChI=1S/C19H17ClN2O3/c20-9-18(23)21-10-15-11-22(19(24)25-15)14-5-6-17-13(8-14)7-12-3-1-2-4-16(12)17/h1-6,8,15H,7,9-11H2,(H,21,23)/t15-/m0/s1. The lowest BCUT2D eigenvalue weighted by atomic mass is 10.1. The average Bonchev–Trinajstić information content (AvgIpc) is 3.19. The Kier molecular flexibility index (Phi) is 4.09. The fraction of sp³-hybridized carbons (Fsp3) is 0.263. The molecule has 25 heavy (non-hydrogen) atoms. The fourth-order valence-corrected chi connectivity index (χ4v) is 3.51. The summed E-state index contributed by atoms with van der Waals surface area (Å²) in [7, 11) is 0. The van der Waals surface area contributed by atoms with Gasteiger partial charge < -0.3 is 10.1 Å². The van der Waals surface area contributed by atoms with Crippen LogP contribution in [-0.4, -0.2) is 37.1 Å². The highest BCUT2D eigenvalue weighted by Crippen LogP contribution is 2.38. The van der Waals surface area contributed by atoms with Gasteiger partial charge in [0.1, 0.15) is 12.0 Å². The van der Waals surface area contributed by atoms with Crippen LogP contribution < -0.4 is 10.2 Å². The van der Waals surface area contributed by atoms with Crippen molar-refractivity contribution in [1.82, 2.24) is 5.32 Å². The monoisotopic (exact) mass is 356 g/mol. The summed E-state index contributed by atoms with van der Waals surface area (Å²) in [6, 6.07) is 14.4. The Morgan fingerprint density at radius 3 is 2.84 bits per heavy atom. The lowest BCUT2D eigenvalue weighted by Crippen LogP contribution is -2.35. The number of nitrogens with one attached hydrogen (secondary N) is 1. The highest BCUT2D eigenvalue weighted by Gasteiger charge is 2.33. The van der Waals surface area contributed by atoms with Crippen LogP contribution in [0.1, 0.15) is 11.1 Å². The molecule has 1 aliphatic carbocycles. The van der Waals surface area contributed by atoms with Gasteiger partial charge in [-0.15, -0.1) is 11.6 Å². The molecule has 0 radical (unpaired) electrons. The van der Waals surface area contributed by atoms with E-state index in [1.165, 1.54) is 22.3 Å². The minimum atomic E-state index is -0.388. The van der Waals surface area contributed by atoms with E-state index in [1.54, 1.807) is 4.90 Å². The molecule has 0 spiro atoms. The molecule has 2 amide bonds. The Morgan fingerprint density at radius 1 is 1.20 bits per heavy atom. The molecule has 6 heteroatoms. The Bertz CT molecular complexity index is 852. The largest absolute Gasteiger partial charge is 0.442 e. The van der Waals surface area contributed by atoms with E-state index in [0.29, 0.717) is 6.54 Å². The molecule has 1 aliphatic heterocycles. The van der Waals surface area contributed by atoms with Crippen molar-refractivity contribution in [2.24, 2.45) is 0 Å². The maximum Gasteiger partial charge on any atom is 0.414 e. The third-order valence-electron chi connectivity index (χ3n) is 4.61. The van der Waals surface area contributed by atoms with Crippen molar-refractivity contribution in [3.63, 3.8) is 0 Å². The van der Waals surface area contributed by atoms with Crippen LogP contribution in [0.25, 0.3) is 11.1 Å². The molecule has 1 fully saturated rings. The summed E-state index contributed by atoms with van der Waals surface area (Å²) in [5, 5.41) is 2.65. The predicted molar refractivity (Wildman–Crippen MR) is 96.0 cm³/mol. The smallest absolute Gasteiger partial charge is 0.414 e. The number of alkyl halides is 1. The van der Waals surface area contributed by atoms with E-state index in [4.69, 9.17) is 16.3 Å². The molecule has 0 bridgehead atoms. The molecule has 1 heterocycles. The summed E-state index contributed by atoms with van der Waals surface area (Å²) >= 11 is 5.45. The van der Waals surface area contributed by atoms with Gasteiger partial charge in [0.2, 0.25) is 5.91 Å². The molecule has 4 rings (SSSR count). The lowest BCUT2D eigenvalue weighted by molar-refractivity contribution is -0.119. The van der Waals surface area contributed by atoms with Gasteiger partial charge in [0.15, 0.2) is 0 Å². The Labute approximate surface area is 150 Å². The molecule has 1 atom stereocenters. The van der Waals surface area contributed by atoms with Crippen molar-refractivity contribution in [2.75, 3.05) is 23.9 Å². The zero-order valence-electron chi connectivity index (χ0n) is 13.5. The number of rotatable bonds is 4. The third kappa shape index (κ3) is 2.96. The van der Waals surface area contributed by atoms with Gasteiger partial charge >= 0.3 is 6.09 Å². The Hall–Kier alpha value is -2.53. The van der Waals surface area contributed by atoms with Crippen LogP contribution in [0.5, 0.6) is 0 Å². The molecule has 2 aromatic rings. The Balaban J connectivity index is 1.51. The van der Waals surface area contributed by atoms with Gasteiger partial charge in [-0.05, 0) is 40.8 Å². The number of halogens is 1. The minimum absolute atomic E-state index is 0.101. The second-order valence-electron chi connectivity index (χ2n) is 6.23. The number of anilines is 1. The number of carbonyl (C=O) groups excluding carboxylic acids is 2. The second-order valence-corrected chi connectivity index (χ2v) is 6.50. The highest BCUT2D eigenvalue weighted by atomic mass is 35.5. The van der Waals surface area contributed by atoms with Crippen LogP contribution in [0.4, 0.5) is 10.5 Å². The van der Waals surface area contributed by atoms with E-state index in [-0.39, 0.29) is 30.5 Å². The second kappa shape index (κ2) is 6.41. The molecule has 0 aromatic heterocycles. The molecule has 0 unspecified atom stereocenters. The van der Waals surface area contributed by atoms with Gasteiger partial charge in [-0.2, -0.15) is 0 Å². The van der Waals surface area contributed by atoms with Crippen LogP contribution >= 0.6 is 11.6 Å². The van der Waals surface area contributed by atoms with Crippen LogP contribution in [0.3, 0.4) is 0 Å². The number of amides is 2. The number of ether oxygens (including phenoxy) is 1. The van der Waals surface area contributed by atoms with Crippen LogP contribution in [0, 0.1) is 0 Å². The first-order chi connectivity index (χ1) is 12.2.